The standard InChI is InChI=1S/C23H32O6/c1-21(17-18(24)7-3-4-10-22(2)26-13-14-27-22)19(20-9-6-12-25-20)8-5-11-23(21)28-15-16-29-23/h3,6-7,9,12,19H,4-5,8,10-11,13-17H2,1-2H3/b7-3+/t19-,21-/m0/s1. The summed E-state index contributed by atoms with van der Waals surface area (Å²) in [6.45, 7) is 6.48. The van der Waals surface area contributed by atoms with E-state index in [2.05, 4.69) is 6.92 Å². The first-order chi connectivity index (χ1) is 14.0. The lowest BCUT2D eigenvalue weighted by Gasteiger charge is -2.51. The normalized spacial score (nSPS) is 31.0. The first-order valence-electron chi connectivity index (χ1n) is 10.8. The molecule has 1 aromatic rings. The highest BCUT2D eigenvalue weighted by molar-refractivity contribution is 5.90. The van der Waals surface area contributed by atoms with Crippen molar-refractivity contribution in [2.45, 2.75) is 69.9 Å². The third-order valence-electron chi connectivity index (χ3n) is 6.79. The predicted octanol–water partition coefficient (Wildman–Crippen LogP) is 4.36. The van der Waals surface area contributed by atoms with E-state index in [9.17, 15) is 4.79 Å². The van der Waals surface area contributed by atoms with Crippen molar-refractivity contribution >= 4 is 5.78 Å². The number of hydrogen-bond donors (Lipinski definition) is 0. The van der Waals surface area contributed by atoms with Crippen LogP contribution < -0.4 is 0 Å². The molecule has 1 spiro atoms. The lowest BCUT2D eigenvalue weighted by Crippen LogP contribution is -2.54. The molecule has 1 saturated carbocycles. The number of carbonyl (C=O) groups is 1. The van der Waals surface area contributed by atoms with Crippen LogP contribution >= 0.6 is 0 Å². The molecule has 1 aliphatic carbocycles. The van der Waals surface area contributed by atoms with E-state index in [1.165, 1.54) is 0 Å². The maximum absolute atomic E-state index is 13.0. The number of ether oxygens (including phenoxy) is 4. The van der Waals surface area contributed by atoms with E-state index < -0.39 is 17.0 Å². The van der Waals surface area contributed by atoms with Crippen LogP contribution in [0.3, 0.4) is 0 Å². The van der Waals surface area contributed by atoms with Crippen LogP contribution in [0.25, 0.3) is 0 Å². The summed E-state index contributed by atoms with van der Waals surface area (Å²) in [5.41, 5.74) is -0.481. The van der Waals surface area contributed by atoms with Crippen molar-refractivity contribution in [3.05, 3.63) is 36.3 Å². The van der Waals surface area contributed by atoms with Crippen LogP contribution in [0.15, 0.2) is 35.0 Å². The Bertz CT molecular complexity index is 712. The smallest absolute Gasteiger partial charge is 0.174 e. The molecule has 29 heavy (non-hydrogen) atoms. The van der Waals surface area contributed by atoms with Crippen molar-refractivity contribution in [1.82, 2.24) is 0 Å². The third kappa shape index (κ3) is 4.08. The summed E-state index contributed by atoms with van der Waals surface area (Å²) in [5, 5.41) is 0. The Morgan fingerprint density at radius 1 is 1.14 bits per heavy atom. The van der Waals surface area contributed by atoms with Gasteiger partial charge in [0, 0.05) is 30.6 Å². The quantitative estimate of drug-likeness (QED) is 0.629. The number of carbonyl (C=O) groups excluding carboxylic acids is 1. The van der Waals surface area contributed by atoms with Crippen LogP contribution in [-0.2, 0) is 23.7 Å². The SMILES string of the molecule is CC1(CC/C=C/C(=O)C[C@@]2(C)[C@H](c3ccco3)CCCC23OCCO3)OCCO1. The van der Waals surface area contributed by atoms with Crippen LogP contribution in [0.1, 0.15) is 64.1 Å². The molecule has 3 fully saturated rings. The summed E-state index contributed by atoms with van der Waals surface area (Å²) in [5.74, 6) is -0.164. The van der Waals surface area contributed by atoms with Gasteiger partial charge in [-0.25, -0.2) is 0 Å². The van der Waals surface area contributed by atoms with Crippen LogP contribution in [-0.4, -0.2) is 43.8 Å². The number of hydrogen-bond acceptors (Lipinski definition) is 6. The van der Waals surface area contributed by atoms with Gasteiger partial charge < -0.3 is 23.4 Å². The molecule has 1 aromatic heterocycles. The molecule has 160 valence electrons. The number of ketones is 1. The molecule has 2 aliphatic heterocycles. The van der Waals surface area contributed by atoms with Crippen LogP contribution in [0.4, 0.5) is 0 Å². The fraction of sp³-hybridized carbons (Fsp3) is 0.696. The van der Waals surface area contributed by atoms with Crippen molar-refractivity contribution in [1.29, 1.82) is 0 Å². The van der Waals surface area contributed by atoms with E-state index in [4.69, 9.17) is 23.4 Å². The monoisotopic (exact) mass is 404 g/mol. The van der Waals surface area contributed by atoms with Gasteiger partial charge in [0.05, 0.1) is 32.7 Å². The Labute approximate surface area is 172 Å². The molecule has 0 aromatic carbocycles. The van der Waals surface area contributed by atoms with Gasteiger partial charge >= 0.3 is 0 Å². The van der Waals surface area contributed by atoms with Gasteiger partial charge in [-0.3, -0.25) is 4.79 Å². The molecule has 0 bridgehead atoms. The minimum atomic E-state index is -0.717. The fourth-order valence-corrected chi connectivity index (χ4v) is 5.22. The molecule has 0 radical (unpaired) electrons. The zero-order valence-corrected chi connectivity index (χ0v) is 17.5. The van der Waals surface area contributed by atoms with Gasteiger partial charge in [-0.1, -0.05) is 13.0 Å². The molecular weight excluding hydrogens is 372 g/mol. The first kappa shape index (κ1) is 20.8. The van der Waals surface area contributed by atoms with E-state index in [0.29, 0.717) is 32.8 Å². The average molecular weight is 405 g/mol. The molecule has 3 heterocycles. The van der Waals surface area contributed by atoms with Crippen molar-refractivity contribution in [3.63, 3.8) is 0 Å². The summed E-state index contributed by atoms with van der Waals surface area (Å²) < 4.78 is 29.3. The Kier molecular flexibility index (Phi) is 5.98. The summed E-state index contributed by atoms with van der Waals surface area (Å²) in [7, 11) is 0. The Morgan fingerprint density at radius 2 is 1.86 bits per heavy atom. The fourth-order valence-electron chi connectivity index (χ4n) is 5.22. The minimum absolute atomic E-state index is 0.0842. The van der Waals surface area contributed by atoms with Crippen LogP contribution in [0, 0.1) is 5.41 Å². The van der Waals surface area contributed by atoms with Gasteiger partial charge in [0.2, 0.25) is 0 Å². The van der Waals surface area contributed by atoms with E-state index in [-0.39, 0.29) is 11.7 Å². The lowest BCUT2D eigenvalue weighted by molar-refractivity contribution is -0.259. The summed E-state index contributed by atoms with van der Waals surface area (Å²) in [4.78, 5) is 13.0. The minimum Gasteiger partial charge on any atom is -0.469 e. The molecule has 6 nitrogen and oxygen atoms in total. The van der Waals surface area contributed by atoms with Gasteiger partial charge in [0.25, 0.3) is 0 Å². The highest BCUT2D eigenvalue weighted by Gasteiger charge is 2.60. The van der Waals surface area contributed by atoms with Crippen molar-refractivity contribution in [2.24, 2.45) is 5.41 Å². The van der Waals surface area contributed by atoms with Gasteiger partial charge in [-0.2, -0.15) is 0 Å². The second-order valence-corrected chi connectivity index (χ2v) is 8.74. The summed E-state index contributed by atoms with van der Waals surface area (Å²) in [6.07, 6.45) is 9.91. The second-order valence-electron chi connectivity index (χ2n) is 8.74. The molecule has 2 saturated heterocycles. The zero-order valence-electron chi connectivity index (χ0n) is 17.5. The van der Waals surface area contributed by atoms with Crippen molar-refractivity contribution in [2.75, 3.05) is 26.4 Å². The molecular formula is C23H32O6. The average Bonchev–Trinajstić information content (AvgIpc) is 3.44. The highest BCUT2D eigenvalue weighted by Crippen LogP contribution is 2.58. The maximum atomic E-state index is 13.0. The highest BCUT2D eigenvalue weighted by atomic mass is 16.7. The Hall–Kier alpha value is -1.47. The van der Waals surface area contributed by atoms with E-state index >= 15 is 0 Å². The number of allylic oxidation sites excluding steroid dienone is 2. The summed E-state index contributed by atoms with van der Waals surface area (Å²) in [6, 6.07) is 3.91. The van der Waals surface area contributed by atoms with Gasteiger partial charge in [0.15, 0.2) is 17.4 Å². The Morgan fingerprint density at radius 3 is 2.55 bits per heavy atom. The van der Waals surface area contributed by atoms with Crippen LogP contribution in [0.2, 0.25) is 0 Å². The zero-order chi connectivity index (χ0) is 20.4. The van der Waals surface area contributed by atoms with Gasteiger partial charge in [-0.15, -0.1) is 0 Å². The van der Waals surface area contributed by atoms with Crippen molar-refractivity contribution in [3.8, 4) is 0 Å². The van der Waals surface area contributed by atoms with Gasteiger partial charge in [-0.05, 0) is 44.4 Å². The summed E-state index contributed by atoms with van der Waals surface area (Å²) >= 11 is 0. The predicted molar refractivity (Wildman–Crippen MR) is 106 cm³/mol. The molecule has 0 unspecified atom stereocenters. The topological polar surface area (TPSA) is 67.1 Å². The number of rotatable bonds is 7. The van der Waals surface area contributed by atoms with Crippen molar-refractivity contribution < 1.29 is 28.2 Å². The number of furan rings is 1. The Balaban J connectivity index is 1.46. The lowest BCUT2D eigenvalue weighted by atomic mass is 9.60. The van der Waals surface area contributed by atoms with Gasteiger partial charge in [0.1, 0.15) is 5.76 Å². The molecule has 3 aliphatic rings. The molecule has 6 heteroatoms. The third-order valence-corrected chi connectivity index (χ3v) is 6.79. The molecule has 4 rings (SSSR count). The second kappa shape index (κ2) is 8.34. The largest absolute Gasteiger partial charge is 0.469 e. The van der Waals surface area contributed by atoms with E-state index in [1.807, 2.05) is 25.1 Å². The van der Waals surface area contributed by atoms with Crippen LogP contribution in [0.5, 0.6) is 0 Å². The maximum Gasteiger partial charge on any atom is 0.174 e. The first-order valence-corrected chi connectivity index (χ1v) is 10.8. The van der Waals surface area contributed by atoms with E-state index in [1.54, 1.807) is 12.3 Å². The van der Waals surface area contributed by atoms with E-state index in [0.717, 1.165) is 37.9 Å². The molecule has 0 amide bonds. The molecule has 2 atom stereocenters. The molecule has 0 N–H and O–H groups in total.